The average Bonchev–Trinajstić information content (AvgIpc) is 3.09. The smallest absolute Gasteiger partial charge is 0.410 e. The van der Waals surface area contributed by atoms with Gasteiger partial charge in [-0.15, -0.1) is 0 Å². The van der Waals surface area contributed by atoms with Crippen LogP contribution in [0.1, 0.15) is 40.0 Å². The molecule has 0 bridgehead atoms. The summed E-state index contributed by atoms with van der Waals surface area (Å²) < 4.78 is 11.3. The predicted molar refractivity (Wildman–Crippen MR) is 72.9 cm³/mol. The van der Waals surface area contributed by atoms with Crippen molar-refractivity contribution in [2.75, 3.05) is 26.2 Å². The minimum atomic E-state index is -0.445. The van der Waals surface area contributed by atoms with Crippen LogP contribution in [-0.2, 0) is 9.47 Å². The maximum absolute atomic E-state index is 12.1. The quantitative estimate of drug-likeness (QED) is 0.848. The van der Waals surface area contributed by atoms with Gasteiger partial charge in [0.1, 0.15) is 5.60 Å². The van der Waals surface area contributed by atoms with Crippen molar-refractivity contribution in [1.29, 1.82) is 0 Å². The minimum absolute atomic E-state index is 0.123. The zero-order chi connectivity index (χ0) is 14.1. The lowest BCUT2D eigenvalue weighted by Gasteiger charge is -2.37. The van der Waals surface area contributed by atoms with Gasteiger partial charge in [-0.2, -0.15) is 0 Å². The first-order valence-electron chi connectivity index (χ1n) is 7.16. The summed E-state index contributed by atoms with van der Waals surface area (Å²) in [6, 6.07) is 0. The number of morpholine rings is 1. The van der Waals surface area contributed by atoms with Gasteiger partial charge in [0.2, 0.25) is 0 Å². The Morgan fingerprint density at radius 1 is 1.47 bits per heavy atom. The summed E-state index contributed by atoms with van der Waals surface area (Å²) in [4.78, 5) is 13.9. The Bertz CT molecular complexity index is 334. The van der Waals surface area contributed by atoms with Crippen LogP contribution in [0, 0.1) is 5.41 Å². The molecule has 0 spiro atoms. The maximum atomic E-state index is 12.1. The van der Waals surface area contributed by atoms with Crippen molar-refractivity contribution in [2.45, 2.75) is 51.7 Å². The molecule has 0 aromatic rings. The molecule has 0 aromatic heterocycles. The molecule has 5 nitrogen and oxygen atoms in total. The number of hydrogen-bond acceptors (Lipinski definition) is 4. The minimum Gasteiger partial charge on any atom is -0.444 e. The normalized spacial score (nSPS) is 26.1. The molecular weight excluding hydrogens is 244 g/mol. The van der Waals surface area contributed by atoms with Crippen molar-refractivity contribution in [2.24, 2.45) is 11.1 Å². The van der Waals surface area contributed by atoms with Crippen molar-refractivity contribution in [3.05, 3.63) is 0 Å². The molecule has 5 heteroatoms. The fourth-order valence-electron chi connectivity index (χ4n) is 2.69. The topological polar surface area (TPSA) is 64.8 Å². The number of amides is 1. The highest BCUT2D eigenvalue weighted by molar-refractivity contribution is 5.68. The molecule has 2 fully saturated rings. The Morgan fingerprint density at radius 3 is 2.68 bits per heavy atom. The summed E-state index contributed by atoms with van der Waals surface area (Å²) in [5, 5.41) is 0. The summed E-state index contributed by atoms with van der Waals surface area (Å²) in [5.41, 5.74) is 5.45. The van der Waals surface area contributed by atoms with E-state index in [0.717, 1.165) is 19.3 Å². The van der Waals surface area contributed by atoms with E-state index in [9.17, 15) is 4.79 Å². The van der Waals surface area contributed by atoms with Crippen LogP contribution in [0.25, 0.3) is 0 Å². The molecule has 1 amide bonds. The number of carbonyl (C=O) groups excluding carboxylic acids is 1. The third-order valence-electron chi connectivity index (χ3n) is 3.94. The summed E-state index contributed by atoms with van der Waals surface area (Å²) in [5.74, 6) is 0. The van der Waals surface area contributed by atoms with Gasteiger partial charge in [0, 0.05) is 6.54 Å². The number of rotatable bonds is 3. The number of nitrogens with two attached hydrogens (primary N) is 1. The third kappa shape index (κ3) is 3.60. The second-order valence-electron chi connectivity index (χ2n) is 6.69. The molecule has 19 heavy (non-hydrogen) atoms. The first-order chi connectivity index (χ1) is 8.86. The van der Waals surface area contributed by atoms with Gasteiger partial charge in [0.05, 0.1) is 19.3 Å². The third-order valence-corrected chi connectivity index (χ3v) is 3.94. The van der Waals surface area contributed by atoms with E-state index in [0.29, 0.717) is 26.2 Å². The molecule has 1 atom stereocenters. The SMILES string of the molecule is CC(C)(C)OC(=O)N1CCOC(C2(CCN)CC2)C1. The van der Waals surface area contributed by atoms with Crippen molar-refractivity contribution >= 4 is 6.09 Å². The average molecular weight is 270 g/mol. The number of nitrogens with zero attached hydrogens (tertiary/aromatic N) is 1. The molecule has 1 aliphatic heterocycles. The van der Waals surface area contributed by atoms with Crippen molar-refractivity contribution in [1.82, 2.24) is 4.90 Å². The molecule has 1 unspecified atom stereocenters. The first kappa shape index (κ1) is 14.6. The van der Waals surface area contributed by atoms with E-state index in [1.54, 1.807) is 4.90 Å². The molecule has 2 aliphatic rings. The van der Waals surface area contributed by atoms with Crippen molar-refractivity contribution in [3.8, 4) is 0 Å². The Labute approximate surface area is 115 Å². The van der Waals surface area contributed by atoms with E-state index in [1.807, 2.05) is 20.8 Å². The highest BCUT2D eigenvalue weighted by atomic mass is 16.6. The Kier molecular flexibility index (Phi) is 4.06. The van der Waals surface area contributed by atoms with E-state index in [-0.39, 0.29) is 17.6 Å². The molecule has 2 N–H and O–H groups in total. The molecule has 2 rings (SSSR count). The van der Waals surface area contributed by atoms with E-state index >= 15 is 0 Å². The van der Waals surface area contributed by atoms with Crippen LogP contribution in [-0.4, -0.2) is 48.9 Å². The van der Waals surface area contributed by atoms with Gasteiger partial charge in [-0.1, -0.05) is 0 Å². The molecular formula is C14H26N2O3. The monoisotopic (exact) mass is 270 g/mol. The van der Waals surface area contributed by atoms with Gasteiger partial charge < -0.3 is 20.1 Å². The zero-order valence-electron chi connectivity index (χ0n) is 12.3. The van der Waals surface area contributed by atoms with Gasteiger partial charge in [-0.05, 0) is 52.0 Å². The Hall–Kier alpha value is -0.810. The molecule has 1 saturated carbocycles. The van der Waals surface area contributed by atoms with Crippen LogP contribution in [0.3, 0.4) is 0 Å². The van der Waals surface area contributed by atoms with E-state index in [2.05, 4.69) is 0 Å². The summed E-state index contributed by atoms with van der Waals surface area (Å²) in [6.45, 7) is 8.19. The molecule has 0 aromatic carbocycles. The number of carbonyl (C=O) groups is 1. The van der Waals surface area contributed by atoms with Gasteiger partial charge >= 0.3 is 6.09 Å². The number of hydrogen-bond donors (Lipinski definition) is 1. The molecule has 110 valence electrons. The standard InChI is InChI=1S/C14H26N2O3/c1-13(2,3)19-12(17)16-8-9-18-11(10-16)14(4-5-14)6-7-15/h11H,4-10,15H2,1-3H3. The fraction of sp³-hybridized carbons (Fsp3) is 0.929. The number of ether oxygens (including phenoxy) is 2. The van der Waals surface area contributed by atoms with Crippen molar-refractivity contribution < 1.29 is 14.3 Å². The van der Waals surface area contributed by atoms with Crippen molar-refractivity contribution in [3.63, 3.8) is 0 Å². The summed E-state index contributed by atoms with van der Waals surface area (Å²) in [6.07, 6.45) is 3.20. The van der Waals surface area contributed by atoms with Gasteiger partial charge in [0.25, 0.3) is 0 Å². The van der Waals surface area contributed by atoms with Crippen LogP contribution in [0.2, 0.25) is 0 Å². The summed E-state index contributed by atoms with van der Waals surface area (Å²) >= 11 is 0. The van der Waals surface area contributed by atoms with Crippen LogP contribution >= 0.6 is 0 Å². The van der Waals surface area contributed by atoms with Crippen LogP contribution in [0.4, 0.5) is 4.79 Å². The van der Waals surface area contributed by atoms with Crippen LogP contribution < -0.4 is 5.73 Å². The Morgan fingerprint density at radius 2 is 2.16 bits per heavy atom. The van der Waals surface area contributed by atoms with Crippen LogP contribution in [0.15, 0.2) is 0 Å². The Balaban J connectivity index is 1.92. The maximum Gasteiger partial charge on any atom is 0.410 e. The molecule has 1 heterocycles. The van der Waals surface area contributed by atoms with Gasteiger partial charge in [0.15, 0.2) is 0 Å². The molecule has 0 radical (unpaired) electrons. The molecule has 1 aliphatic carbocycles. The second kappa shape index (κ2) is 5.29. The zero-order valence-corrected chi connectivity index (χ0v) is 12.3. The molecule has 1 saturated heterocycles. The van der Waals surface area contributed by atoms with Gasteiger partial charge in [-0.3, -0.25) is 0 Å². The highest BCUT2D eigenvalue weighted by Crippen LogP contribution is 2.53. The van der Waals surface area contributed by atoms with E-state index in [4.69, 9.17) is 15.2 Å². The lowest BCUT2D eigenvalue weighted by atomic mass is 9.93. The van der Waals surface area contributed by atoms with Crippen LogP contribution in [0.5, 0.6) is 0 Å². The summed E-state index contributed by atoms with van der Waals surface area (Å²) in [7, 11) is 0. The lowest BCUT2D eigenvalue weighted by Crippen LogP contribution is -2.50. The first-order valence-corrected chi connectivity index (χ1v) is 7.16. The van der Waals surface area contributed by atoms with Gasteiger partial charge in [-0.25, -0.2) is 4.79 Å². The lowest BCUT2D eigenvalue weighted by molar-refractivity contribution is -0.0712. The highest BCUT2D eigenvalue weighted by Gasteiger charge is 2.51. The van der Waals surface area contributed by atoms with E-state index < -0.39 is 5.60 Å². The predicted octanol–water partition coefficient (Wildman–Crippen LogP) is 1.75. The largest absolute Gasteiger partial charge is 0.444 e. The second-order valence-corrected chi connectivity index (χ2v) is 6.69. The fourth-order valence-corrected chi connectivity index (χ4v) is 2.69. The van der Waals surface area contributed by atoms with E-state index in [1.165, 1.54) is 0 Å².